The molecule has 2 N–H and O–H groups in total. The van der Waals surface area contributed by atoms with Crippen LogP contribution in [0, 0.1) is 5.92 Å². The normalized spacial score (nSPS) is 19.2. The van der Waals surface area contributed by atoms with E-state index in [0.29, 0.717) is 25.5 Å². The van der Waals surface area contributed by atoms with Gasteiger partial charge in [0.05, 0.1) is 12.3 Å². The lowest BCUT2D eigenvalue weighted by atomic mass is 9.86. The molecule has 8 heteroatoms. The summed E-state index contributed by atoms with van der Waals surface area (Å²) in [6.07, 6.45) is 6.89. The number of rotatable bonds is 11. The molecule has 0 aromatic heterocycles. The smallest absolute Gasteiger partial charge is 0.411 e. The molecule has 3 aliphatic heterocycles. The van der Waals surface area contributed by atoms with Gasteiger partial charge in [0.15, 0.2) is 0 Å². The molecular formula is C37H45N3O5. The predicted octanol–water partition coefficient (Wildman–Crippen LogP) is 7.55. The van der Waals surface area contributed by atoms with Gasteiger partial charge in [-0.3, -0.25) is 10.2 Å². The van der Waals surface area contributed by atoms with Crippen molar-refractivity contribution in [3.63, 3.8) is 0 Å². The van der Waals surface area contributed by atoms with Crippen LogP contribution >= 0.6 is 0 Å². The molecule has 238 valence electrons. The van der Waals surface area contributed by atoms with Crippen LogP contribution in [0.2, 0.25) is 0 Å². The zero-order chi connectivity index (χ0) is 31.6. The zero-order valence-corrected chi connectivity index (χ0v) is 26.6. The van der Waals surface area contributed by atoms with Gasteiger partial charge in [0, 0.05) is 18.7 Å². The summed E-state index contributed by atoms with van der Waals surface area (Å²) < 4.78 is 17.1. The molecular weight excluding hydrogens is 566 g/mol. The van der Waals surface area contributed by atoms with Gasteiger partial charge in [0.1, 0.15) is 17.5 Å². The fourth-order valence-corrected chi connectivity index (χ4v) is 5.80. The van der Waals surface area contributed by atoms with E-state index in [1.165, 1.54) is 0 Å². The van der Waals surface area contributed by atoms with Gasteiger partial charge in [-0.05, 0) is 100 Å². The topological polar surface area (TPSA) is 89.1 Å². The largest absolute Gasteiger partial charge is 0.493 e. The van der Waals surface area contributed by atoms with E-state index >= 15 is 0 Å². The first-order chi connectivity index (χ1) is 21.7. The van der Waals surface area contributed by atoms with Crippen LogP contribution < -0.4 is 15.4 Å². The number of carbonyl (C=O) groups excluding carboxylic acids is 2. The number of nitrogens with one attached hydrogen (secondary N) is 2. The summed E-state index contributed by atoms with van der Waals surface area (Å²) in [5.41, 5.74) is 4.29. The van der Waals surface area contributed by atoms with E-state index in [-0.39, 0.29) is 6.10 Å². The first kappa shape index (κ1) is 32.1. The fourth-order valence-electron chi connectivity index (χ4n) is 5.80. The number of carbonyl (C=O) groups is 2. The van der Waals surface area contributed by atoms with E-state index < -0.39 is 17.8 Å². The average Bonchev–Trinajstić information content (AvgIpc) is 3.02. The Kier molecular flexibility index (Phi) is 10.8. The Balaban J connectivity index is 1.11. The van der Waals surface area contributed by atoms with Gasteiger partial charge < -0.3 is 19.5 Å². The second-order valence-corrected chi connectivity index (χ2v) is 12.7. The molecule has 2 bridgehead atoms. The Labute approximate surface area is 266 Å². The van der Waals surface area contributed by atoms with E-state index in [4.69, 9.17) is 14.2 Å². The molecule has 3 heterocycles. The Hall–Kier alpha value is -4.30. The molecule has 0 aliphatic carbocycles. The number of hydrogen-bond acceptors (Lipinski definition) is 6. The Morgan fingerprint density at radius 1 is 0.956 bits per heavy atom. The van der Waals surface area contributed by atoms with Crippen molar-refractivity contribution in [1.82, 2.24) is 10.2 Å². The highest BCUT2D eigenvalue weighted by molar-refractivity contribution is 5.92. The van der Waals surface area contributed by atoms with E-state index in [0.717, 1.165) is 72.6 Å². The SMILES string of the molecule is CC(C)(C)OC(=O)NCCc1ccc(OCC/C=C/c2ccc(-c3ccccc3)c(NC(=O)O[C@H]3CN4CCC3CC4)c2)cc1. The molecule has 3 aromatic rings. The lowest BCUT2D eigenvalue weighted by Crippen LogP contribution is -2.52. The molecule has 45 heavy (non-hydrogen) atoms. The van der Waals surface area contributed by atoms with Crippen LogP contribution in [-0.4, -0.2) is 61.6 Å². The third kappa shape index (κ3) is 9.85. The summed E-state index contributed by atoms with van der Waals surface area (Å²) >= 11 is 0. The number of hydrogen-bond donors (Lipinski definition) is 2. The van der Waals surface area contributed by atoms with Gasteiger partial charge in [0.2, 0.25) is 0 Å². The van der Waals surface area contributed by atoms with Crippen molar-refractivity contribution in [2.45, 2.75) is 58.2 Å². The second-order valence-electron chi connectivity index (χ2n) is 12.7. The van der Waals surface area contributed by atoms with Crippen molar-refractivity contribution < 1.29 is 23.8 Å². The van der Waals surface area contributed by atoms with Crippen molar-refractivity contribution in [3.05, 3.63) is 90.0 Å². The van der Waals surface area contributed by atoms with E-state index in [9.17, 15) is 9.59 Å². The number of piperidine rings is 3. The van der Waals surface area contributed by atoms with Crippen molar-refractivity contribution in [3.8, 4) is 16.9 Å². The first-order valence-electron chi connectivity index (χ1n) is 16.0. The minimum Gasteiger partial charge on any atom is -0.493 e. The lowest BCUT2D eigenvalue weighted by Gasteiger charge is -2.43. The Morgan fingerprint density at radius 3 is 2.40 bits per heavy atom. The summed E-state index contributed by atoms with van der Waals surface area (Å²) in [7, 11) is 0. The summed E-state index contributed by atoms with van der Waals surface area (Å²) in [6, 6.07) is 24.1. The molecule has 2 amide bonds. The number of fused-ring (bicyclic) bond motifs is 3. The summed E-state index contributed by atoms with van der Waals surface area (Å²) in [6.45, 7) is 9.61. The molecule has 3 aromatic carbocycles. The van der Waals surface area contributed by atoms with Gasteiger partial charge in [-0.1, -0.05) is 66.7 Å². The molecule has 1 atom stereocenters. The van der Waals surface area contributed by atoms with Crippen LogP contribution in [-0.2, 0) is 15.9 Å². The third-order valence-corrected chi connectivity index (χ3v) is 8.09. The van der Waals surface area contributed by atoms with Gasteiger partial charge in [-0.2, -0.15) is 0 Å². The maximum Gasteiger partial charge on any atom is 0.411 e. The van der Waals surface area contributed by atoms with E-state index in [2.05, 4.69) is 27.7 Å². The highest BCUT2D eigenvalue weighted by Crippen LogP contribution is 2.32. The van der Waals surface area contributed by atoms with Crippen molar-refractivity contribution >= 4 is 23.9 Å². The van der Waals surface area contributed by atoms with Crippen LogP contribution in [0.4, 0.5) is 15.3 Å². The number of amides is 2. The van der Waals surface area contributed by atoms with Crippen LogP contribution in [0.3, 0.4) is 0 Å². The van der Waals surface area contributed by atoms with Gasteiger partial charge >= 0.3 is 12.2 Å². The predicted molar refractivity (Wildman–Crippen MR) is 178 cm³/mol. The number of ether oxygens (including phenoxy) is 3. The fraction of sp³-hybridized carbons (Fsp3) is 0.405. The summed E-state index contributed by atoms with van der Waals surface area (Å²) in [4.78, 5) is 27.2. The number of alkyl carbamates (subject to hydrolysis) is 1. The van der Waals surface area contributed by atoms with Crippen molar-refractivity contribution in [2.24, 2.45) is 5.92 Å². The summed E-state index contributed by atoms with van der Waals surface area (Å²) in [5, 5.41) is 5.83. The van der Waals surface area contributed by atoms with Crippen LogP contribution in [0.15, 0.2) is 78.9 Å². The average molecular weight is 612 g/mol. The molecule has 3 aliphatic rings. The maximum absolute atomic E-state index is 13.0. The van der Waals surface area contributed by atoms with Gasteiger partial charge in [-0.25, -0.2) is 9.59 Å². The molecule has 0 radical (unpaired) electrons. The quantitative estimate of drug-likeness (QED) is 0.218. The van der Waals surface area contributed by atoms with Gasteiger partial charge in [-0.15, -0.1) is 0 Å². The monoisotopic (exact) mass is 611 g/mol. The molecule has 8 nitrogen and oxygen atoms in total. The van der Waals surface area contributed by atoms with Crippen LogP contribution in [0.25, 0.3) is 17.2 Å². The molecule has 0 spiro atoms. The second kappa shape index (κ2) is 15.1. The zero-order valence-electron chi connectivity index (χ0n) is 26.6. The number of anilines is 1. The Morgan fingerprint density at radius 2 is 1.71 bits per heavy atom. The highest BCUT2D eigenvalue weighted by atomic mass is 16.6. The van der Waals surface area contributed by atoms with E-state index in [1.807, 2.05) is 93.6 Å². The van der Waals surface area contributed by atoms with Gasteiger partial charge in [0.25, 0.3) is 0 Å². The Bertz CT molecular complexity index is 1440. The summed E-state index contributed by atoms with van der Waals surface area (Å²) in [5.74, 6) is 1.25. The van der Waals surface area contributed by atoms with E-state index in [1.54, 1.807) is 0 Å². The minimum absolute atomic E-state index is 0.0480. The lowest BCUT2D eigenvalue weighted by molar-refractivity contribution is -0.0289. The van der Waals surface area contributed by atoms with Crippen LogP contribution in [0.5, 0.6) is 5.75 Å². The number of benzene rings is 3. The van der Waals surface area contributed by atoms with Crippen molar-refractivity contribution in [1.29, 1.82) is 0 Å². The third-order valence-electron chi connectivity index (χ3n) is 8.09. The maximum atomic E-state index is 13.0. The highest BCUT2D eigenvalue weighted by Gasteiger charge is 2.36. The molecule has 3 saturated heterocycles. The molecule has 6 rings (SSSR count). The minimum atomic E-state index is -0.506. The molecule has 0 saturated carbocycles. The van der Waals surface area contributed by atoms with Crippen LogP contribution in [0.1, 0.15) is 51.2 Å². The molecule has 3 fully saturated rings. The van der Waals surface area contributed by atoms with Crippen molar-refractivity contribution in [2.75, 3.05) is 38.1 Å². The standard InChI is InChI=1S/C37H45N3O5/c1-37(2,3)45-35(41)38-21-18-27-12-15-31(16-13-27)43-24-8-7-9-28-14-17-32(29-10-5-4-6-11-29)33(25-28)39-36(42)44-34-26-40-22-19-30(34)20-23-40/h4-7,9-17,25,30,34H,8,18-24,26H2,1-3H3,(H,38,41)(H,39,42)/b9-7+/t34-/m0/s1. The first-order valence-corrected chi connectivity index (χ1v) is 16.0. The number of nitrogens with zero attached hydrogens (tertiary/aromatic N) is 1. The molecule has 0 unspecified atom stereocenters.